The first kappa shape index (κ1) is 20.5. The standard InChI is InChI=1S/C18H11F6P.Se/c19-14-11-15(17(21)18(22)16(14)20)25(23,24,12-7-3-1-4-8-12)13-9-5-2-6-10-13;/h1-11H;. The van der Waals surface area contributed by atoms with Crippen LogP contribution in [0, 0.1) is 23.3 Å². The summed E-state index contributed by atoms with van der Waals surface area (Å²) in [5.74, 6) is -8.34. The van der Waals surface area contributed by atoms with Crippen LogP contribution in [-0.2, 0) is 0 Å². The van der Waals surface area contributed by atoms with Gasteiger partial charge in [0, 0.05) is 17.1 Å². The van der Waals surface area contributed by atoms with Crippen molar-refractivity contribution in [2.75, 3.05) is 0 Å². The third kappa shape index (κ3) is 2.94. The number of rotatable bonds is 3. The van der Waals surface area contributed by atoms with E-state index >= 15 is 8.39 Å². The van der Waals surface area contributed by atoms with Gasteiger partial charge in [0.15, 0.2) is 0 Å². The van der Waals surface area contributed by atoms with Crippen LogP contribution in [0.1, 0.15) is 0 Å². The molecule has 0 aliphatic carbocycles. The Labute approximate surface area is 156 Å². The van der Waals surface area contributed by atoms with E-state index in [4.69, 9.17) is 0 Å². The van der Waals surface area contributed by atoms with Gasteiger partial charge in [-0.15, -0.1) is 0 Å². The molecule has 0 amide bonds. The molecule has 136 valence electrons. The van der Waals surface area contributed by atoms with Crippen LogP contribution in [-0.4, -0.2) is 17.1 Å². The third-order valence-corrected chi connectivity index (χ3v) is 7.51. The van der Waals surface area contributed by atoms with Gasteiger partial charge in [-0.2, -0.15) is 0 Å². The molecule has 0 saturated heterocycles. The van der Waals surface area contributed by atoms with E-state index in [9.17, 15) is 17.6 Å². The zero-order valence-electron chi connectivity index (χ0n) is 13.0. The van der Waals surface area contributed by atoms with E-state index in [0.717, 1.165) is 24.3 Å². The maximum absolute atomic E-state index is 16.2. The van der Waals surface area contributed by atoms with Crippen molar-refractivity contribution in [1.29, 1.82) is 0 Å². The van der Waals surface area contributed by atoms with Crippen molar-refractivity contribution in [3.8, 4) is 0 Å². The molecule has 0 aliphatic heterocycles. The fraction of sp³-hybridized carbons (Fsp3) is 0. The van der Waals surface area contributed by atoms with Crippen molar-refractivity contribution in [3.05, 3.63) is 90.0 Å². The number of hydrogen-bond donors (Lipinski definition) is 0. The molecule has 0 heterocycles. The Hall–Kier alpha value is -1.81. The number of halogens is 6. The molecule has 0 saturated carbocycles. The molecule has 0 fully saturated rings. The molecule has 3 rings (SSSR count). The molecule has 0 bridgehead atoms. The molecule has 8 heteroatoms. The van der Waals surface area contributed by atoms with Crippen LogP contribution >= 0.6 is 7.22 Å². The predicted octanol–water partition coefficient (Wildman–Crippen LogP) is 4.46. The topological polar surface area (TPSA) is 0 Å². The molecule has 0 unspecified atom stereocenters. The second-order valence-corrected chi connectivity index (χ2v) is 8.72. The fourth-order valence-electron chi connectivity index (χ4n) is 2.65. The largest absolute Gasteiger partial charge is 0 e. The molecular weight excluding hydrogens is 440 g/mol. The summed E-state index contributed by atoms with van der Waals surface area (Å²) in [4.78, 5) is 0. The van der Waals surface area contributed by atoms with Gasteiger partial charge in [0.1, 0.15) is 0 Å². The van der Waals surface area contributed by atoms with Gasteiger partial charge < -0.3 is 0 Å². The Morgan fingerprint density at radius 2 is 1.00 bits per heavy atom. The van der Waals surface area contributed by atoms with Crippen molar-refractivity contribution in [1.82, 2.24) is 0 Å². The minimum atomic E-state index is -6.54. The van der Waals surface area contributed by atoms with Crippen LogP contribution < -0.4 is 15.9 Å². The second-order valence-electron chi connectivity index (χ2n) is 5.40. The molecule has 0 N–H and O–H groups in total. The van der Waals surface area contributed by atoms with E-state index in [1.807, 2.05) is 0 Å². The first-order chi connectivity index (χ1) is 11.8. The van der Waals surface area contributed by atoms with Gasteiger partial charge in [-0.1, -0.05) is 0 Å². The van der Waals surface area contributed by atoms with Gasteiger partial charge in [0.25, 0.3) is 0 Å². The Balaban J connectivity index is 0.00000243. The molecule has 3 aromatic carbocycles. The second kappa shape index (κ2) is 7.07. The minimum absolute atomic E-state index is 0. The molecule has 26 heavy (non-hydrogen) atoms. The SMILES string of the molecule is Fc1cc(P(F)(F)(c2ccccc2)c2ccccc2)c(F)c(F)c1F.[Se]. The molecule has 0 atom stereocenters. The van der Waals surface area contributed by atoms with Gasteiger partial charge in [0.05, 0.1) is 0 Å². The molecular formula is C18H11F6PSe. The fourth-order valence-corrected chi connectivity index (χ4v) is 5.68. The molecule has 0 nitrogen and oxygen atoms in total. The van der Waals surface area contributed by atoms with Crippen molar-refractivity contribution in [2.45, 2.75) is 0 Å². The quantitative estimate of drug-likeness (QED) is 0.182. The van der Waals surface area contributed by atoms with Crippen LogP contribution in [0.15, 0.2) is 66.7 Å². The van der Waals surface area contributed by atoms with Crippen molar-refractivity contribution >= 4 is 40.2 Å². The third-order valence-electron chi connectivity index (χ3n) is 3.93. The molecule has 0 spiro atoms. The van der Waals surface area contributed by atoms with E-state index in [1.165, 1.54) is 36.4 Å². The van der Waals surface area contributed by atoms with Gasteiger partial charge in [-0.05, 0) is 0 Å². The maximum atomic E-state index is 16.2. The van der Waals surface area contributed by atoms with E-state index < -0.39 is 46.4 Å². The van der Waals surface area contributed by atoms with Crippen LogP contribution in [0.4, 0.5) is 26.0 Å². The van der Waals surface area contributed by atoms with E-state index in [2.05, 4.69) is 0 Å². The minimum Gasteiger partial charge on any atom is 0 e. The Morgan fingerprint density at radius 3 is 1.42 bits per heavy atom. The molecule has 0 aliphatic rings. The summed E-state index contributed by atoms with van der Waals surface area (Å²) in [5, 5.41) is -2.63. The molecule has 3 aromatic rings. The van der Waals surface area contributed by atoms with Crippen LogP contribution in [0.3, 0.4) is 0 Å². The first-order valence-corrected chi connectivity index (χ1v) is 9.18. The number of benzene rings is 3. The monoisotopic (exact) mass is 452 g/mol. The van der Waals surface area contributed by atoms with Crippen molar-refractivity contribution in [3.63, 3.8) is 0 Å². The normalized spacial score (nSPS) is 12.8. The van der Waals surface area contributed by atoms with Crippen molar-refractivity contribution < 1.29 is 26.0 Å². The zero-order chi connectivity index (χ0) is 18.3. The summed E-state index contributed by atoms with van der Waals surface area (Å²) in [5.41, 5.74) is 0. The molecule has 0 aromatic heterocycles. The Kier molecular flexibility index (Phi) is 5.57. The van der Waals surface area contributed by atoms with E-state index in [0.29, 0.717) is 0 Å². The Bertz CT molecular complexity index is 888. The zero-order valence-corrected chi connectivity index (χ0v) is 15.6. The predicted molar refractivity (Wildman–Crippen MR) is 93.0 cm³/mol. The maximum Gasteiger partial charge on any atom is 0 e. The van der Waals surface area contributed by atoms with E-state index in [1.54, 1.807) is 0 Å². The summed E-state index contributed by atoms with van der Waals surface area (Å²) in [6, 6.07) is 12.5. The summed E-state index contributed by atoms with van der Waals surface area (Å²) in [6.45, 7) is 0. The van der Waals surface area contributed by atoms with E-state index in [-0.39, 0.29) is 23.1 Å². The summed E-state index contributed by atoms with van der Waals surface area (Å²) in [6.07, 6.45) is 0. The summed E-state index contributed by atoms with van der Waals surface area (Å²) < 4.78 is 87.3. The average molecular weight is 451 g/mol. The van der Waals surface area contributed by atoms with Crippen LogP contribution in [0.2, 0.25) is 0 Å². The van der Waals surface area contributed by atoms with Gasteiger partial charge in [0.2, 0.25) is 0 Å². The summed E-state index contributed by atoms with van der Waals surface area (Å²) >= 11 is 0. The molecule has 2 radical (unpaired) electrons. The van der Waals surface area contributed by atoms with Crippen molar-refractivity contribution in [2.24, 2.45) is 0 Å². The number of hydrogen-bond acceptors (Lipinski definition) is 0. The van der Waals surface area contributed by atoms with Gasteiger partial charge in [-0.3, -0.25) is 0 Å². The van der Waals surface area contributed by atoms with Crippen LogP contribution in [0.25, 0.3) is 0 Å². The Morgan fingerprint density at radius 1 is 0.577 bits per heavy atom. The van der Waals surface area contributed by atoms with Crippen LogP contribution in [0.5, 0.6) is 0 Å². The smallest absolute Gasteiger partial charge is 0 e. The summed E-state index contributed by atoms with van der Waals surface area (Å²) in [7, 11) is -6.54. The van der Waals surface area contributed by atoms with Gasteiger partial charge >= 0.3 is 139 Å². The first-order valence-electron chi connectivity index (χ1n) is 7.16. The average Bonchev–Trinajstić information content (AvgIpc) is 2.64. The van der Waals surface area contributed by atoms with Gasteiger partial charge in [-0.25, -0.2) is 0 Å².